The van der Waals surface area contributed by atoms with Crippen LogP contribution in [0, 0.1) is 0 Å². The zero-order valence-electron chi connectivity index (χ0n) is 9.64. The Morgan fingerprint density at radius 1 is 1.47 bits per heavy atom. The van der Waals surface area contributed by atoms with Crippen molar-refractivity contribution in [1.82, 2.24) is 5.32 Å². The molecule has 0 bridgehead atoms. The third kappa shape index (κ3) is 2.47. The van der Waals surface area contributed by atoms with E-state index in [0.717, 1.165) is 11.3 Å². The zero-order chi connectivity index (χ0) is 12.3. The van der Waals surface area contributed by atoms with Crippen molar-refractivity contribution in [3.8, 4) is 5.75 Å². The number of carboxylic acid groups (broad SMARTS) is 1. The lowest BCUT2D eigenvalue weighted by Crippen LogP contribution is -2.27. The lowest BCUT2D eigenvalue weighted by Gasteiger charge is -2.23. The van der Waals surface area contributed by atoms with E-state index >= 15 is 0 Å². The second-order valence-corrected chi connectivity index (χ2v) is 3.92. The van der Waals surface area contributed by atoms with Crippen LogP contribution in [0.5, 0.6) is 5.75 Å². The number of carbonyl (C=O) groups is 1. The fourth-order valence-corrected chi connectivity index (χ4v) is 2.01. The summed E-state index contributed by atoms with van der Waals surface area (Å²) in [5, 5.41) is 12.3. The number of methoxy groups -OCH3 is 1. The van der Waals surface area contributed by atoms with Gasteiger partial charge < -0.3 is 15.2 Å². The first-order chi connectivity index (χ1) is 8.22. The van der Waals surface area contributed by atoms with E-state index < -0.39 is 5.97 Å². The van der Waals surface area contributed by atoms with Crippen molar-refractivity contribution >= 4 is 5.97 Å². The topological polar surface area (TPSA) is 58.6 Å². The molecule has 1 aromatic carbocycles. The molecule has 0 amide bonds. The van der Waals surface area contributed by atoms with E-state index in [1.165, 1.54) is 0 Å². The molecule has 0 aromatic heterocycles. The van der Waals surface area contributed by atoms with E-state index in [-0.39, 0.29) is 6.04 Å². The first kappa shape index (κ1) is 11.7. The van der Waals surface area contributed by atoms with Gasteiger partial charge in [-0.15, -0.1) is 0 Å². The summed E-state index contributed by atoms with van der Waals surface area (Å²) in [7, 11) is 1.61. The van der Waals surface area contributed by atoms with Crippen LogP contribution in [0.2, 0.25) is 0 Å². The van der Waals surface area contributed by atoms with Gasteiger partial charge in [-0.2, -0.15) is 0 Å². The number of nitrogens with one attached hydrogen (secondary N) is 1. The SMILES string of the molecule is COc1ccccc1C1C=C(C(=O)O)CCN1. The van der Waals surface area contributed by atoms with Gasteiger partial charge in [0.2, 0.25) is 0 Å². The fraction of sp³-hybridized carbons (Fsp3) is 0.308. The van der Waals surface area contributed by atoms with Crippen LogP contribution in [0.25, 0.3) is 0 Å². The average Bonchev–Trinajstić information content (AvgIpc) is 2.39. The molecule has 2 rings (SSSR count). The number of hydrogen-bond donors (Lipinski definition) is 2. The molecular weight excluding hydrogens is 218 g/mol. The molecule has 1 aliphatic heterocycles. The Morgan fingerprint density at radius 2 is 2.24 bits per heavy atom. The summed E-state index contributed by atoms with van der Waals surface area (Å²) < 4.78 is 5.28. The summed E-state index contributed by atoms with van der Waals surface area (Å²) in [6.07, 6.45) is 2.31. The number of benzene rings is 1. The maximum atomic E-state index is 11.0. The molecule has 0 fully saturated rings. The Morgan fingerprint density at radius 3 is 2.94 bits per heavy atom. The molecule has 0 saturated carbocycles. The second-order valence-electron chi connectivity index (χ2n) is 3.92. The van der Waals surface area contributed by atoms with Crippen LogP contribution in [-0.2, 0) is 4.79 Å². The number of carboxylic acids is 1. The van der Waals surface area contributed by atoms with Crippen LogP contribution < -0.4 is 10.1 Å². The minimum atomic E-state index is -0.841. The first-order valence-electron chi connectivity index (χ1n) is 5.52. The lowest BCUT2D eigenvalue weighted by molar-refractivity contribution is -0.132. The van der Waals surface area contributed by atoms with Gasteiger partial charge in [0.25, 0.3) is 0 Å². The predicted octanol–water partition coefficient (Wildman–Crippen LogP) is 1.74. The van der Waals surface area contributed by atoms with Gasteiger partial charge in [-0.25, -0.2) is 4.79 Å². The molecule has 4 nitrogen and oxygen atoms in total. The van der Waals surface area contributed by atoms with Crippen molar-refractivity contribution in [3.05, 3.63) is 41.5 Å². The molecule has 17 heavy (non-hydrogen) atoms. The Balaban J connectivity index is 2.33. The Hall–Kier alpha value is -1.81. The third-order valence-corrected chi connectivity index (χ3v) is 2.88. The van der Waals surface area contributed by atoms with Gasteiger partial charge in [0, 0.05) is 17.7 Å². The van der Waals surface area contributed by atoms with Crippen LogP contribution in [0.4, 0.5) is 0 Å². The smallest absolute Gasteiger partial charge is 0.331 e. The minimum Gasteiger partial charge on any atom is -0.496 e. The monoisotopic (exact) mass is 233 g/mol. The van der Waals surface area contributed by atoms with Crippen molar-refractivity contribution in [1.29, 1.82) is 0 Å². The van der Waals surface area contributed by atoms with Gasteiger partial charge in [0.05, 0.1) is 13.2 Å². The number of hydrogen-bond acceptors (Lipinski definition) is 3. The van der Waals surface area contributed by atoms with Crippen LogP contribution in [0.15, 0.2) is 35.9 Å². The van der Waals surface area contributed by atoms with E-state index in [0.29, 0.717) is 18.5 Å². The molecule has 1 unspecified atom stereocenters. The summed E-state index contributed by atoms with van der Waals surface area (Å²) in [5.74, 6) is -0.0701. The number of aliphatic carboxylic acids is 1. The minimum absolute atomic E-state index is 0.0917. The van der Waals surface area contributed by atoms with Crippen LogP contribution in [0.1, 0.15) is 18.0 Å². The Kier molecular flexibility index (Phi) is 3.44. The van der Waals surface area contributed by atoms with Crippen molar-refractivity contribution in [2.45, 2.75) is 12.5 Å². The molecule has 0 saturated heterocycles. The summed E-state index contributed by atoms with van der Waals surface area (Å²) >= 11 is 0. The Bertz CT molecular complexity index is 454. The standard InChI is InChI=1S/C13H15NO3/c1-17-12-5-3-2-4-10(12)11-8-9(13(15)16)6-7-14-11/h2-5,8,11,14H,6-7H2,1H3,(H,15,16). The highest BCUT2D eigenvalue weighted by Crippen LogP contribution is 2.28. The van der Waals surface area contributed by atoms with E-state index in [4.69, 9.17) is 9.84 Å². The molecule has 0 spiro atoms. The average molecular weight is 233 g/mol. The zero-order valence-corrected chi connectivity index (χ0v) is 9.64. The van der Waals surface area contributed by atoms with E-state index in [1.54, 1.807) is 13.2 Å². The fourth-order valence-electron chi connectivity index (χ4n) is 2.01. The molecule has 2 N–H and O–H groups in total. The third-order valence-electron chi connectivity index (χ3n) is 2.88. The molecule has 4 heteroatoms. The van der Waals surface area contributed by atoms with E-state index in [1.807, 2.05) is 24.3 Å². The molecule has 1 atom stereocenters. The molecular formula is C13H15NO3. The van der Waals surface area contributed by atoms with Gasteiger partial charge in [-0.3, -0.25) is 0 Å². The highest BCUT2D eigenvalue weighted by atomic mass is 16.5. The largest absolute Gasteiger partial charge is 0.496 e. The van der Waals surface area contributed by atoms with Gasteiger partial charge in [-0.05, 0) is 12.5 Å². The molecule has 0 aliphatic carbocycles. The van der Waals surface area contributed by atoms with Gasteiger partial charge in [-0.1, -0.05) is 24.3 Å². The van der Waals surface area contributed by atoms with Crippen molar-refractivity contribution in [2.24, 2.45) is 0 Å². The van der Waals surface area contributed by atoms with E-state index in [9.17, 15) is 4.79 Å². The van der Waals surface area contributed by atoms with Gasteiger partial charge in [0.15, 0.2) is 0 Å². The highest BCUT2D eigenvalue weighted by Gasteiger charge is 2.20. The lowest BCUT2D eigenvalue weighted by atomic mass is 9.98. The second kappa shape index (κ2) is 5.01. The number of para-hydroxylation sites is 1. The van der Waals surface area contributed by atoms with Crippen molar-refractivity contribution in [3.63, 3.8) is 0 Å². The van der Waals surface area contributed by atoms with Crippen LogP contribution in [0.3, 0.4) is 0 Å². The van der Waals surface area contributed by atoms with Crippen molar-refractivity contribution < 1.29 is 14.6 Å². The first-order valence-corrected chi connectivity index (χ1v) is 5.52. The molecule has 1 aliphatic rings. The molecule has 90 valence electrons. The summed E-state index contributed by atoms with van der Waals surface area (Å²) in [4.78, 5) is 11.0. The summed E-state index contributed by atoms with van der Waals surface area (Å²) in [6, 6.07) is 7.54. The highest BCUT2D eigenvalue weighted by molar-refractivity contribution is 5.87. The summed E-state index contributed by atoms with van der Waals surface area (Å²) in [6.45, 7) is 0.668. The normalized spacial score (nSPS) is 19.6. The molecule has 1 aromatic rings. The van der Waals surface area contributed by atoms with Crippen molar-refractivity contribution in [2.75, 3.05) is 13.7 Å². The summed E-state index contributed by atoms with van der Waals surface area (Å²) in [5.41, 5.74) is 1.42. The van der Waals surface area contributed by atoms with E-state index in [2.05, 4.69) is 5.32 Å². The maximum Gasteiger partial charge on any atom is 0.331 e. The Labute approximate surface area is 99.9 Å². The van der Waals surface area contributed by atoms with Crippen LogP contribution in [-0.4, -0.2) is 24.7 Å². The molecule has 1 heterocycles. The maximum absolute atomic E-state index is 11.0. The predicted molar refractivity (Wildman–Crippen MR) is 64.1 cm³/mol. The van der Waals surface area contributed by atoms with Gasteiger partial charge >= 0.3 is 5.97 Å². The number of rotatable bonds is 3. The van der Waals surface area contributed by atoms with Gasteiger partial charge in [0.1, 0.15) is 5.75 Å². The van der Waals surface area contributed by atoms with Crippen LogP contribution >= 0.6 is 0 Å². The quantitative estimate of drug-likeness (QED) is 0.835. The number of ether oxygens (including phenoxy) is 1. The molecule has 0 radical (unpaired) electrons.